The van der Waals surface area contributed by atoms with Crippen molar-refractivity contribution in [2.45, 2.75) is 19.5 Å². The van der Waals surface area contributed by atoms with Crippen LogP contribution < -0.4 is 5.32 Å². The summed E-state index contributed by atoms with van der Waals surface area (Å²) in [4.78, 5) is 2.31. The molecule has 118 valence electrons. The van der Waals surface area contributed by atoms with Gasteiger partial charge < -0.3 is 20.4 Å². The molecule has 0 aliphatic carbocycles. The summed E-state index contributed by atoms with van der Waals surface area (Å²) in [5, 5.41) is 22.0. The Morgan fingerprint density at radius 2 is 1.73 bits per heavy atom. The SMILES string of the molecule is CN(CCCNCc1ccc(O)c(O)c1)Cc1ccccc1. The summed E-state index contributed by atoms with van der Waals surface area (Å²) in [6, 6.07) is 15.4. The quantitative estimate of drug-likeness (QED) is 0.518. The van der Waals surface area contributed by atoms with Crippen LogP contribution in [0.25, 0.3) is 0 Å². The Morgan fingerprint density at radius 1 is 0.955 bits per heavy atom. The van der Waals surface area contributed by atoms with Gasteiger partial charge in [-0.25, -0.2) is 0 Å². The van der Waals surface area contributed by atoms with E-state index >= 15 is 0 Å². The lowest BCUT2D eigenvalue weighted by Gasteiger charge is -2.16. The van der Waals surface area contributed by atoms with Crippen LogP contribution in [0.15, 0.2) is 48.5 Å². The number of nitrogens with zero attached hydrogens (tertiary/aromatic N) is 1. The van der Waals surface area contributed by atoms with Crippen LogP contribution in [0, 0.1) is 0 Å². The summed E-state index contributed by atoms with van der Waals surface area (Å²) < 4.78 is 0. The van der Waals surface area contributed by atoms with E-state index < -0.39 is 0 Å². The second-order valence-electron chi connectivity index (χ2n) is 5.58. The largest absolute Gasteiger partial charge is 0.504 e. The molecule has 0 saturated heterocycles. The molecule has 0 fully saturated rings. The summed E-state index contributed by atoms with van der Waals surface area (Å²) >= 11 is 0. The number of aromatic hydroxyl groups is 2. The molecule has 0 saturated carbocycles. The van der Waals surface area contributed by atoms with Crippen molar-refractivity contribution in [3.8, 4) is 11.5 Å². The first-order valence-electron chi connectivity index (χ1n) is 7.59. The van der Waals surface area contributed by atoms with Gasteiger partial charge >= 0.3 is 0 Å². The zero-order valence-electron chi connectivity index (χ0n) is 13.0. The van der Waals surface area contributed by atoms with Crippen LogP contribution in [0.5, 0.6) is 11.5 Å². The van der Waals surface area contributed by atoms with Crippen molar-refractivity contribution in [2.75, 3.05) is 20.1 Å². The second-order valence-corrected chi connectivity index (χ2v) is 5.58. The number of hydrogen-bond donors (Lipinski definition) is 3. The molecule has 2 aromatic rings. The second kappa shape index (κ2) is 8.41. The van der Waals surface area contributed by atoms with E-state index in [9.17, 15) is 10.2 Å². The van der Waals surface area contributed by atoms with Crippen molar-refractivity contribution < 1.29 is 10.2 Å². The van der Waals surface area contributed by atoms with E-state index in [1.807, 2.05) is 12.1 Å². The first kappa shape index (κ1) is 16.3. The summed E-state index contributed by atoms with van der Waals surface area (Å²) in [5.41, 5.74) is 2.30. The highest BCUT2D eigenvalue weighted by Gasteiger charge is 2.01. The van der Waals surface area contributed by atoms with Crippen LogP contribution >= 0.6 is 0 Å². The maximum absolute atomic E-state index is 9.43. The predicted octanol–water partition coefficient (Wildman–Crippen LogP) is 2.71. The molecule has 0 aliphatic heterocycles. The van der Waals surface area contributed by atoms with Crippen molar-refractivity contribution in [3.05, 3.63) is 59.7 Å². The zero-order chi connectivity index (χ0) is 15.8. The standard InChI is InChI=1S/C18H24N2O2/c1-20(14-15-6-3-2-4-7-15)11-5-10-19-13-16-8-9-17(21)18(22)12-16/h2-4,6-9,12,19,21-22H,5,10-11,13-14H2,1H3. The number of hydrogen-bond acceptors (Lipinski definition) is 4. The Balaban J connectivity index is 1.61. The van der Waals surface area contributed by atoms with E-state index in [0.29, 0.717) is 6.54 Å². The van der Waals surface area contributed by atoms with Gasteiger partial charge in [-0.3, -0.25) is 0 Å². The van der Waals surface area contributed by atoms with E-state index in [1.54, 1.807) is 6.07 Å². The Hall–Kier alpha value is -2.04. The Kier molecular flexibility index (Phi) is 6.25. The van der Waals surface area contributed by atoms with Gasteiger partial charge in [0.25, 0.3) is 0 Å². The van der Waals surface area contributed by atoms with Crippen LogP contribution in [0.1, 0.15) is 17.5 Å². The third kappa shape index (κ3) is 5.39. The summed E-state index contributed by atoms with van der Waals surface area (Å²) in [5.74, 6) is -0.145. The molecular formula is C18H24N2O2. The average Bonchev–Trinajstić information content (AvgIpc) is 2.51. The van der Waals surface area contributed by atoms with Gasteiger partial charge in [0.05, 0.1) is 0 Å². The minimum atomic E-state index is -0.0775. The van der Waals surface area contributed by atoms with Crippen molar-refractivity contribution in [1.82, 2.24) is 10.2 Å². The maximum Gasteiger partial charge on any atom is 0.157 e. The molecule has 0 bridgehead atoms. The van der Waals surface area contributed by atoms with E-state index in [1.165, 1.54) is 11.6 Å². The lowest BCUT2D eigenvalue weighted by Crippen LogP contribution is -2.23. The van der Waals surface area contributed by atoms with Crippen LogP contribution in [-0.4, -0.2) is 35.3 Å². The Morgan fingerprint density at radius 3 is 2.45 bits per heavy atom. The molecule has 0 aromatic heterocycles. The van der Waals surface area contributed by atoms with Crippen LogP contribution in [0.3, 0.4) is 0 Å². The first-order valence-corrected chi connectivity index (χ1v) is 7.59. The van der Waals surface area contributed by atoms with Crippen molar-refractivity contribution in [1.29, 1.82) is 0 Å². The third-order valence-electron chi connectivity index (χ3n) is 3.56. The highest BCUT2D eigenvalue weighted by atomic mass is 16.3. The monoisotopic (exact) mass is 300 g/mol. The van der Waals surface area contributed by atoms with E-state index in [0.717, 1.165) is 31.6 Å². The van der Waals surface area contributed by atoms with Gasteiger partial charge in [-0.1, -0.05) is 36.4 Å². The fraction of sp³-hybridized carbons (Fsp3) is 0.333. The maximum atomic E-state index is 9.43. The number of phenolic OH excluding ortho intramolecular Hbond substituents is 2. The predicted molar refractivity (Wildman–Crippen MR) is 88.9 cm³/mol. The Labute approximate surface area is 132 Å². The molecule has 0 atom stereocenters. The van der Waals surface area contributed by atoms with Crippen LogP contribution in [0.4, 0.5) is 0 Å². The Bertz CT molecular complexity index is 573. The molecule has 4 nitrogen and oxygen atoms in total. The average molecular weight is 300 g/mol. The fourth-order valence-electron chi connectivity index (χ4n) is 2.36. The normalized spacial score (nSPS) is 11.0. The molecule has 0 heterocycles. The fourth-order valence-corrected chi connectivity index (χ4v) is 2.36. The lowest BCUT2D eigenvalue weighted by molar-refractivity contribution is 0.319. The van der Waals surface area contributed by atoms with Crippen molar-refractivity contribution in [2.24, 2.45) is 0 Å². The smallest absolute Gasteiger partial charge is 0.157 e. The lowest BCUT2D eigenvalue weighted by atomic mass is 10.2. The first-order chi connectivity index (χ1) is 10.6. The highest BCUT2D eigenvalue weighted by Crippen LogP contribution is 2.24. The summed E-state index contributed by atoms with van der Waals surface area (Å²) in [7, 11) is 2.13. The van der Waals surface area contributed by atoms with Gasteiger partial charge in [-0.2, -0.15) is 0 Å². The molecule has 0 spiro atoms. The number of rotatable bonds is 8. The third-order valence-corrected chi connectivity index (χ3v) is 3.56. The van der Waals surface area contributed by atoms with Gasteiger partial charge in [-0.15, -0.1) is 0 Å². The van der Waals surface area contributed by atoms with Gasteiger partial charge in [0.15, 0.2) is 11.5 Å². The molecule has 0 unspecified atom stereocenters. The molecule has 4 heteroatoms. The highest BCUT2D eigenvalue weighted by molar-refractivity contribution is 5.40. The zero-order valence-corrected chi connectivity index (χ0v) is 13.0. The molecule has 0 radical (unpaired) electrons. The topological polar surface area (TPSA) is 55.7 Å². The van der Waals surface area contributed by atoms with E-state index in [-0.39, 0.29) is 11.5 Å². The van der Waals surface area contributed by atoms with E-state index in [4.69, 9.17) is 0 Å². The van der Waals surface area contributed by atoms with Gasteiger partial charge in [0, 0.05) is 13.1 Å². The van der Waals surface area contributed by atoms with Crippen molar-refractivity contribution >= 4 is 0 Å². The van der Waals surface area contributed by atoms with Crippen molar-refractivity contribution in [3.63, 3.8) is 0 Å². The molecule has 22 heavy (non-hydrogen) atoms. The summed E-state index contributed by atoms with van der Waals surface area (Å²) in [6.07, 6.45) is 1.06. The molecule has 0 aliphatic rings. The van der Waals surface area contributed by atoms with Crippen LogP contribution in [-0.2, 0) is 13.1 Å². The molecule has 3 N–H and O–H groups in total. The number of phenols is 2. The van der Waals surface area contributed by atoms with Gasteiger partial charge in [0.1, 0.15) is 0 Å². The minimum absolute atomic E-state index is 0.0677. The molecule has 0 amide bonds. The molecule has 2 rings (SSSR count). The number of benzene rings is 2. The van der Waals surface area contributed by atoms with E-state index in [2.05, 4.69) is 41.5 Å². The molecular weight excluding hydrogens is 276 g/mol. The van der Waals surface area contributed by atoms with Crippen LogP contribution in [0.2, 0.25) is 0 Å². The van der Waals surface area contributed by atoms with Gasteiger partial charge in [-0.05, 0) is 49.8 Å². The minimum Gasteiger partial charge on any atom is -0.504 e. The summed E-state index contributed by atoms with van der Waals surface area (Å²) in [6.45, 7) is 3.60. The van der Waals surface area contributed by atoms with Gasteiger partial charge in [0.2, 0.25) is 0 Å². The molecule has 2 aromatic carbocycles. The number of nitrogens with one attached hydrogen (secondary N) is 1.